The van der Waals surface area contributed by atoms with Gasteiger partial charge in [0.05, 0.1) is 6.54 Å². The van der Waals surface area contributed by atoms with Crippen LogP contribution < -0.4 is 5.32 Å². The minimum Gasteiger partial charge on any atom is -0.339 e. The normalized spacial score (nSPS) is 27.1. The van der Waals surface area contributed by atoms with E-state index in [0.29, 0.717) is 18.5 Å². The average molecular weight is 223 g/mol. The lowest BCUT2D eigenvalue weighted by Gasteiger charge is -2.34. The molecule has 0 unspecified atom stereocenters. The van der Waals surface area contributed by atoms with E-state index in [1.807, 2.05) is 4.90 Å². The van der Waals surface area contributed by atoms with Crippen molar-refractivity contribution >= 4 is 5.91 Å². The second-order valence-electron chi connectivity index (χ2n) is 5.30. The van der Waals surface area contributed by atoms with E-state index in [1.165, 1.54) is 25.7 Å². The lowest BCUT2D eigenvalue weighted by Crippen LogP contribution is -2.51. The summed E-state index contributed by atoms with van der Waals surface area (Å²) < 4.78 is 0. The smallest absolute Gasteiger partial charge is 0.236 e. The number of carbonyl (C=O) groups excluding carboxylic acids is 1. The zero-order valence-electron chi connectivity index (χ0n) is 9.82. The molecule has 1 N–H and O–H groups in total. The van der Waals surface area contributed by atoms with Gasteiger partial charge in [-0.05, 0) is 25.7 Å². The van der Waals surface area contributed by atoms with Gasteiger partial charge in [0.15, 0.2) is 0 Å². The molecular formula is C12H21N3O. The second-order valence-corrected chi connectivity index (χ2v) is 5.30. The van der Waals surface area contributed by atoms with Gasteiger partial charge in [-0.25, -0.2) is 0 Å². The number of carbonyl (C=O) groups is 1. The largest absolute Gasteiger partial charge is 0.339 e. The van der Waals surface area contributed by atoms with Crippen LogP contribution in [-0.2, 0) is 4.79 Å². The van der Waals surface area contributed by atoms with Gasteiger partial charge >= 0.3 is 0 Å². The number of amides is 1. The van der Waals surface area contributed by atoms with Gasteiger partial charge in [0.1, 0.15) is 0 Å². The maximum atomic E-state index is 11.9. The molecule has 90 valence electrons. The highest BCUT2D eigenvalue weighted by atomic mass is 16.2. The number of hydrogen-bond donors (Lipinski definition) is 1. The molecule has 1 aliphatic heterocycles. The van der Waals surface area contributed by atoms with E-state index in [2.05, 4.69) is 10.2 Å². The van der Waals surface area contributed by atoms with E-state index in [-0.39, 0.29) is 0 Å². The van der Waals surface area contributed by atoms with Crippen molar-refractivity contribution < 1.29 is 4.79 Å². The van der Waals surface area contributed by atoms with Crippen LogP contribution in [-0.4, -0.2) is 60.5 Å². The number of nitrogens with one attached hydrogen (secondary N) is 1. The molecule has 1 amide bonds. The van der Waals surface area contributed by atoms with E-state index in [1.54, 1.807) is 0 Å². The van der Waals surface area contributed by atoms with Crippen molar-refractivity contribution in [1.82, 2.24) is 15.1 Å². The molecule has 2 aliphatic carbocycles. The highest BCUT2D eigenvalue weighted by Crippen LogP contribution is 2.27. The quantitative estimate of drug-likeness (QED) is 0.731. The van der Waals surface area contributed by atoms with Gasteiger partial charge in [-0.15, -0.1) is 0 Å². The maximum Gasteiger partial charge on any atom is 0.236 e. The van der Waals surface area contributed by atoms with E-state index in [4.69, 9.17) is 0 Å². The van der Waals surface area contributed by atoms with Gasteiger partial charge in [-0.1, -0.05) is 0 Å². The first kappa shape index (κ1) is 10.5. The molecular weight excluding hydrogens is 202 g/mol. The molecule has 0 atom stereocenters. The summed E-state index contributed by atoms with van der Waals surface area (Å²) in [4.78, 5) is 16.4. The van der Waals surface area contributed by atoms with Crippen molar-refractivity contribution in [3.63, 3.8) is 0 Å². The maximum absolute atomic E-state index is 11.9. The summed E-state index contributed by atoms with van der Waals surface area (Å²) in [6.45, 7) is 4.58. The fraction of sp³-hybridized carbons (Fsp3) is 0.917. The zero-order chi connectivity index (χ0) is 11.0. The van der Waals surface area contributed by atoms with Crippen LogP contribution in [0.5, 0.6) is 0 Å². The fourth-order valence-electron chi connectivity index (χ4n) is 2.41. The summed E-state index contributed by atoms with van der Waals surface area (Å²) in [7, 11) is 0. The number of nitrogens with zero attached hydrogens (tertiary/aromatic N) is 2. The van der Waals surface area contributed by atoms with Crippen molar-refractivity contribution in [2.75, 3.05) is 32.7 Å². The first-order valence-corrected chi connectivity index (χ1v) is 6.58. The highest BCUT2D eigenvalue weighted by Gasteiger charge is 2.32. The van der Waals surface area contributed by atoms with Crippen LogP contribution in [0.2, 0.25) is 0 Å². The second kappa shape index (κ2) is 4.34. The van der Waals surface area contributed by atoms with E-state index < -0.39 is 0 Å². The SMILES string of the molecule is O=C(CNC1CC1)N1CCN(C2CC2)CC1. The van der Waals surface area contributed by atoms with Crippen LogP contribution in [0.15, 0.2) is 0 Å². The van der Waals surface area contributed by atoms with Crippen LogP contribution >= 0.6 is 0 Å². The number of hydrogen-bond acceptors (Lipinski definition) is 3. The highest BCUT2D eigenvalue weighted by molar-refractivity contribution is 5.78. The minimum absolute atomic E-state index is 0.294. The molecule has 1 saturated heterocycles. The predicted molar refractivity (Wildman–Crippen MR) is 62.2 cm³/mol. The first-order valence-electron chi connectivity index (χ1n) is 6.58. The zero-order valence-corrected chi connectivity index (χ0v) is 9.82. The summed E-state index contributed by atoms with van der Waals surface area (Å²) in [5.74, 6) is 0.294. The van der Waals surface area contributed by atoms with Gasteiger partial charge in [0.2, 0.25) is 5.91 Å². The third-order valence-electron chi connectivity index (χ3n) is 3.85. The van der Waals surface area contributed by atoms with Crippen LogP contribution in [0, 0.1) is 0 Å². The molecule has 0 aromatic rings. The van der Waals surface area contributed by atoms with Crippen LogP contribution in [0.4, 0.5) is 0 Å². The Balaban J connectivity index is 1.39. The molecule has 3 aliphatic rings. The summed E-state index contributed by atoms with van der Waals surface area (Å²) >= 11 is 0. The van der Waals surface area contributed by atoms with E-state index in [9.17, 15) is 4.79 Å². The van der Waals surface area contributed by atoms with Gasteiger partial charge in [0, 0.05) is 38.3 Å². The third kappa shape index (κ3) is 2.55. The Bertz CT molecular complexity index is 265. The van der Waals surface area contributed by atoms with Crippen LogP contribution in [0.3, 0.4) is 0 Å². The van der Waals surface area contributed by atoms with Crippen LogP contribution in [0.1, 0.15) is 25.7 Å². The Hall–Kier alpha value is -0.610. The Morgan fingerprint density at radius 3 is 2.31 bits per heavy atom. The Morgan fingerprint density at radius 2 is 1.75 bits per heavy atom. The first-order chi connectivity index (χ1) is 7.83. The molecule has 4 heteroatoms. The molecule has 0 spiro atoms. The topological polar surface area (TPSA) is 35.6 Å². The van der Waals surface area contributed by atoms with E-state index in [0.717, 1.165) is 32.2 Å². The molecule has 3 fully saturated rings. The van der Waals surface area contributed by atoms with Crippen molar-refractivity contribution in [2.24, 2.45) is 0 Å². The van der Waals surface area contributed by atoms with Crippen LogP contribution in [0.25, 0.3) is 0 Å². The lowest BCUT2D eigenvalue weighted by atomic mass is 10.3. The van der Waals surface area contributed by atoms with Gasteiger partial charge in [-0.2, -0.15) is 0 Å². The van der Waals surface area contributed by atoms with Crippen molar-refractivity contribution in [3.8, 4) is 0 Å². The summed E-state index contributed by atoms with van der Waals surface area (Å²) in [6, 6.07) is 1.48. The fourth-order valence-corrected chi connectivity index (χ4v) is 2.41. The van der Waals surface area contributed by atoms with Gasteiger partial charge < -0.3 is 10.2 Å². The molecule has 2 saturated carbocycles. The molecule has 0 radical (unpaired) electrons. The number of rotatable bonds is 4. The summed E-state index contributed by atoms with van der Waals surface area (Å²) in [5, 5.41) is 3.30. The number of piperazine rings is 1. The Morgan fingerprint density at radius 1 is 1.06 bits per heavy atom. The van der Waals surface area contributed by atoms with Crippen molar-refractivity contribution in [3.05, 3.63) is 0 Å². The standard InChI is InChI=1S/C12H21N3O/c16-12(9-13-10-1-2-10)15-7-5-14(6-8-15)11-3-4-11/h10-11,13H,1-9H2. The summed E-state index contributed by atoms with van der Waals surface area (Å²) in [6.07, 6.45) is 5.25. The van der Waals surface area contributed by atoms with Crippen molar-refractivity contribution in [2.45, 2.75) is 37.8 Å². The van der Waals surface area contributed by atoms with Gasteiger partial charge in [-0.3, -0.25) is 9.69 Å². The predicted octanol–water partition coefficient (Wildman–Crippen LogP) is 0.0450. The molecule has 3 rings (SSSR count). The Labute approximate surface area is 97.0 Å². The lowest BCUT2D eigenvalue weighted by molar-refractivity contribution is -0.132. The molecule has 16 heavy (non-hydrogen) atoms. The van der Waals surface area contributed by atoms with Crippen molar-refractivity contribution in [1.29, 1.82) is 0 Å². The molecule has 1 heterocycles. The van der Waals surface area contributed by atoms with E-state index >= 15 is 0 Å². The monoisotopic (exact) mass is 223 g/mol. The molecule has 0 bridgehead atoms. The van der Waals surface area contributed by atoms with Gasteiger partial charge in [0.25, 0.3) is 0 Å². The molecule has 0 aromatic heterocycles. The molecule has 4 nitrogen and oxygen atoms in total. The third-order valence-corrected chi connectivity index (χ3v) is 3.85. The molecule has 0 aromatic carbocycles. The summed E-state index contributed by atoms with van der Waals surface area (Å²) in [5.41, 5.74) is 0. The Kier molecular flexibility index (Phi) is 2.86. The average Bonchev–Trinajstić information content (AvgIpc) is 3.19. The minimum atomic E-state index is 0.294.